The van der Waals surface area contributed by atoms with Gasteiger partial charge in [0.1, 0.15) is 5.75 Å². The first-order valence-electron chi connectivity index (χ1n) is 8.64. The van der Waals surface area contributed by atoms with Gasteiger partial charge in [-0.25, -0.2) is 0 Å². The molecule has 1 N–H and O–H groups in total. The molecule has 0 aliphatic rings. The monoisotopic (exact) mass is 393 g/mol. The number of aromatic nitrogens is 2. The van der Waals surface area contributed by atoms with Gasteiger partial charge in [-0.3, -0.25) is 4.79 Å². The number of hydrogen-bond acceptors (Lipinski definition) is 5. The summed E-state index contributed by atoms with van der Waals surface area (Å²) in [7, 11) is 0. The van der Waals surface area contributed by atoms with Crippen LogP contribution in [0.2, 0.25) is 5.02 Å². The molecule has 3 aromatic carbocycles. The number of ether oxygens (including phenoxy) is 1. The highest BCUT2D eigenvalue weighted by molar-refractivity contribution is 6.30. The normalized spacial score (nSPS) is 10.8. The lowest BCUT2D eigenvalue weighted by Crippen LogP contribution is -2.28. The Morgan fingerprint density at radius 3 is 2.75 bits per heavy atom. The molecule has 0 saturated carbocycles. The summed E-state index contributed by atoms with van der Waals surface area (Å²) in [6.45, 7) is 0.0150. The topological polar surface area (TPSA) is 77.2 Å². The number of rotatable bonds is 6. The summed E-state index contributed by atoms with van der Waals surface area (Å²) in [6, 6.07) is 20.8. The van der Waals surface area contributed by atoms with E-state index in [1.807, 2.05) is 48.5 Å². The van der Waals surface area contributed by atoms with E-state index >= 15 is 0 Å². The van der Waals surface area contributed by atoms with Crippen molar-refractivity contribution in [3.05, 3.63) is 77.6 Å². The molecule has 0 fully saturated rings. The van der Waals surface area contributed by atoms with Gasteiger partial charge in [0.25, 0.3) is 5.91 Å². The molecule has 7 heteroatoms. The maximum absolute atomic E-state index is 12.0. The molecule has 0 spiro atoms. The van der Waals surface area contributed by atoms with Crippen molar-refractivity contribution < 1.29 is 14.1 Å². The highest BCUT2D eigenvalue weighted by Crippen LogP contribution is 2.21. The van der Waals surface area contributed by atoms with E-state index in [0.29, 0.717) is 22.5 Å². The summed E-state index contributed by atoms with van der Waals surface area (Å²) >= 11 is 5.96. The molecule has 0 unspecified atom stereocenters. The molecule has 0 aliphatic heterocycles. The van der Waals surface area contributed by atoms with Crippen molar-refractivity contribution in [3.8, 4) is 17.1 Å². The van der Waals surface area contributed by atoms with Crippen molar-refractivity contribution in [2.75, 3.05) is 6.61 Å². The van der Waals surface area contributed by atoms with Gasteiger partial charge >= 0.3 is 0 Å². The van der Waals surface area contributed by atoms with E-state index in [2.05, 4.69) is 15.5 Å². The predicted molar refractivity (Wildman–Crippen MR) is 106 cm³/mol. The molecule has 1 heterocycles. The number of halogens is 1. The van der Waals surface area contributed by atoms with Gasteiger partial charge in [0.2, 0.25) is 11.7 Å². The van der Waals surface area contributed by atoms with Gasteiger partial charge in [0.05, 0.1) is 6.54 Å². The van der Waals surface area contributed by atoms with E-state index in [0.717, 1.165) is 16.3 Å². The maximum Gasteiger partial charge on any atom is 0.258 e. The Morgan fingerprint density at radius 1 is 1.04 bits per heavy atom. The second-order valence-electron chi connectivity index (χ2n) is 6.10. The van der Waals surface area contributed by atoms with Crippen LogP contribution in [-0.4, -0.2) is 22.7 Å². The SMILES string of the molecule is O=C(COc1ccc2ccccc2c1)NCc1nc(-c2cccc(Cl)c2)no1. The van der Waals surface area contributed by atoms with Crippen molar-refractivity contribution in [1.82, 2.24) is 15.5 Å². The first-order valence-corrected chi connectivity index (χ1v) is 9.02. The minimum atomic E-state index is -0.282. The summed E-state index contributed by atoms with van der Waals surface area (Å²) in [5, 5.41) is 9.36. The van der Waals surface area contributed by atoms with Crippen LogP contribution in [0.15, 0.2) is 71.3 Å². The Balaban J connectivity index is 1.31. The largest absolute Gasteiger partial charge is 0.484 e. The summed E-state index contributed by atoms with van der Waals surface area (Å²) in [6.07, 6.45) is 0. The second kappa shape index (κ2) is 8.10. The fourth-order valence-electron chi connectivity index (χ4n) is 2.70. The lowest BCUT2D eigenvalue weighted by atomic mass is 10.1. The van der Waals surface area contributed by atoms with E-state index in [1.165, 1.54) is 0 Å². The number of fused-ring (bicyclic) bond motifs is 1. The molecular formula is C21H16ClN3O3. The van der Waals surface area contributed by atoms with Crippen molar-refractivity contribution in [2.24, 2.45) is 0 Å². The maximum atomic E-state index is 12.0. The van der Waals surface area contributed by atoms with E-state index in [-0.39, 0.29) is 19.1 Å². The zero-order valence-corrected chi connectivity index (χ0v) is 15.5. The highest BCUT2D eigenvalue weighted by atomic mass is 35.5. The van der Waals surface area contributed by atoms with Crippen LogP contribution in [0, 0.1) is 0 Å². The lowest BCUT2D eigenvalue weighted by molar-refractivity contribution is -0.123. The molecule has 0 atom stereocenters. The third kappa shape index (κ3) is 4.29. The smallest absolute Gasteiger partial charge is 0.258 e. The molecule has 6 nitrogen and oxygen atoms in total. The van der Waals surface area contributed by atoms with Crippen molar-refractivity contribution in [2.45, 2.75) is 6.54 Å². The first-order chi connectivity index (χ1) is 13.7. The van der Waals surface area contributed by atoms with Crippen LogP contribution in [0.1, 0.15) is 5.89 Å². The van der Waals surface area contributed by atoms with E-state index in [9.17, 15) is 4.79 Å². The van der Waals surface area contributed by atoms with Gasteiger partial charge < -0.3 is 14.6 Å². The third-order valence-corrected chi connectivity index (χ3v) is 4.31. The predicted octanol–water partition coefficient (Wildman–Crippen LogP) is 4.24. The number of amides is 1. The fourth-order valence-corrected chi connectivity index (χ4v) is 2.89. The minimum Gasteiger partial charge on any atom is -0.484 e. The number of nitrogens with zero attached hydrogens (tertiary/aromatic N) is 2. The van der Waals surface area contributed by atoms with Gasteiger partial charge in [-0.1, -0.05) is 59.2 Å². The Morgan fingerprint density at radius 2 is 1.89 bits per heavy atom. The molecular weight excluding hydrogens is 378 g/mol. The van der Waals surface area contributed by atoms with Crippen molar-refractivity contribution in [1.29, 1.82) is 0 Å². The van der Waals surface area contributed by atoms with Crippen LogP contribution >= 0.6 is 11.6 Å². The molecule has 0 saturated heterocycles. The average molecular weight is 394 g/mol. The molecule has 0 radical (unpaired) electrons. The van der Waals surface area contributed by atoms with Gasteiger partial charge in [0, 0.05) is 10.6 Å². The zero-order chi connectivity index (χ0) is 19.3. The van der Waals surface area contributed by atoms with Crippen LogP contribution in [0.4, 0.5) is 0 Å². The summed E-state index contributed by atoms with van der Waals surface area (Å²) in [5.74, 6) is 1.07. The third-order valence-electron chi connectivity index (χ3n) is 4.08. The molecule has 1 amide bonds. The standard InChI is InChI=1S/C21H16ClN3O3/c22-17-7-3-6-16(10-17)21-24-20(28-25-21)12-23-19(26)13-27-18-9-8-14-4-1-2-5-15(14)11-18/h1-11H,12-13H2,(H,23,26). The molecule has 4 rings (SSSR count). The van der Waals surface area contributed by atoms with Gasteiger partial charge in [0.15, 0.2) is 6.61 Å². The Bertz CT molecular complexity index is 1130. The van der Waals surface area contributed by atoms with Crippen LogP contribution < -0.4 is 10.1 Å². The number of benzene rings is 3. The van der Waals surface area contributed by atoms with E-state index < -0.39 is 0 Å². The highest BCUT2D eigenvalue weighted by Gasteiger charge is 2.11. The first kappa shape index (κ1) is 18.0. The van der Waals surface area contributed by atoms with Crippen molar-refractivity contribution >= 4 is 28.3 Å². The Kier molecular flexibility index (Phi) is 5.21. The number of nitrogens with one attached hydrogen (secondary N) is 1. The molecule has 0 bridgehead atoms. The van der Waals surface area contributed by atoms with Gasteiger partial charge in [-0.05, 0) is 35.0 Å². The quantitative estimate of drug-likeness (QED) is 0.530. The average Bonchev–Trinajstić information content (AvgIpc) is 3.20. The van der Waals surface area contributed by atoms with Crippen LogP contribution in [0.25, 0.3) is 22.2 Å². The van der Waals surface area contributed by atoms with Crippen molar-refractivity contribution in [3.63, 3.8) is 0 Å². The summed E-state index contributed by atoms with van der Waals surface area (Å²) < 4.78 is 10.7. The Labute approximate surface area is 166 Å². The van der Waals surface area contributed by atoms with E-state index in [4.69, 9.17) is 20.9 Å². The molecule has 4 aromatic rings. The number of carbonyl (C=O) groups is 1. The van der Waals surface area contributed by atoms with E-state index in [1.54, 1.807) is 18.2 Å². The molecule has 140 valence electrons. The summed E-state index contributed by atoms with van der Waals surface area (Å²) in [5.41, 5.74) is 0.744. The van der Waals surface area contributed by atoms with Gasteiger partial charge in [-0.2, -0.15) is 4.98 Å². The number of hydrogen-bond donors (Lipinski definition) is 1. The zero-order valence-electron chi connectivity index (χ0n) is 14.8. The second-order valence-corrected chi connectivity index (χ2v) is 6.53. The molecule has 1 aromatic heterocycles. The lowest BCUT2D eigenvalue weighted by Gasteiger charge is -2.07. The van der Waals surface area contributed by atoms with Crippen LogP contribution in [0.3, 0.4) is 0 Å². The molecule has 0 aliphatic carbocycles. The van der Waals surface area contributed by atoms with Crippen LogP contribution in [-0.2, 0) is 11.3 Å². The van der Waals surface area contributed by atoms with Gasteiger partial charge in [-0.15, -0.1) is 0 Å². The minimum absolute atomic E-state index is 0.104. The fraction of sp³-hybridized carbons (Fsp3) is 0.0952. The summed E-state index contributed by atoms with van der Waals surface area (Å²) in [4.78, 5) is 16.3. The van der Waals surface area contributed by atoms with Crippen LogP contribution in [0.5, 0.6) is 5.75 Å². The molecule has 28 heavy (non-hydrogen) atoms. The Hall–Kier alpha value is -3.38. The number of carbonyl (C=O) groups excluding carboxylic acids is 1.